The van der Waals surface area contributed by atoms with Gasteiger partial charge < -0.3 is 14.8 Å². The summed E-state index contributed by atoms with van der Waals surface area (Å²) in [7, 11) is 3.40. The van der Waals surface area contributed by atoms with Gasteiger partial charge in [-0.1, -0.05) is 17.3 Å². The Labute approximate surface area is 181 Å². The molecule has 32 heavy (non-hydrogen) atoms. The number of nitrogens with one attached hydrogen (secondary N) is 1. The summed E-state index contributed by atoms with van der Waals surface area (Å²) in [5.74, 6) is -2.04. The van der Waals surface area contributed by atoms with Crippen molar-refractivity contribution < 1.29 is 18.6 Å². The average molecular weight is 441 g/mol. The minimum atomic E-state index is -1.04. The third-order valence-corrected chi connectivity index (χ3v) is 5.18. The van der Waals surface area contributed by atoms with E-state index in [0.717, 1.165) is 12.1 Å². The quantitative estimate of drug-likeness (QED) is 0.428. The van der Waals surface area contributed by atoms with Crippen molar-refractivity contribution in [3.63, 3.8) is 0 Å². The third-order valence-electron chi connectivity index (χ3n) is 5.18. The first-order valence-corrected chi connectivity index (χ1v) is 9.80. The van der Waals surface area contributed by atoms with E-state index in [1.54, 1.807) is 49.5 Å². The van der Waals surface area contributed by atoms with Gasteiger partial charge in [0.25, 0.3) is 5.56 Å². The molecule has 8 nitrogen and oxygen atoms in total. The summed E-state index contributed by atoms with van der Waals surface area (Å²) in [6.45, 7) is 1.07. The highest BCUT2D eigenvalue weighted by atomic mass is 19.2. The van der Waals surface area contributed by atoms with Crippen molar-refractivity contribution in [2.75, 3.05) is 27.3 Å². The van der Waals surface area contributed by atoms with Crippen molar-refractivity contribution in [2.24, 2.45) is 0 Å². The molecular weight excluding hydrogens is 420 g/mol. The van der Waals surface area contributed by atoms with Gasteiger partial charge in [-0.15, -0.1) is 5.10 Å². The second kappa shape index (κ2) is 8.95. The van der Waals surface area contributed by atoms with Gasteiger partial charge >= 0.3 is 0 Å². The number of methoxy groups -OCH3 is 1. The van der Waals surface area contributed by atoms with E-state index in [1.165, 1.54) is 10.7 Å². The molecule has 1 atom stereocenters. The monoisotopic (exact) mass is 441 g/mol. The van der Waals surface area contributed by atoms with Crippen molar-refractivity contribution in [2.45, 2.75) is 6.23 Å². The molecule has 0 saturated heterocycles. The Hall–Kier alpha value is -3.47. The molecule has 0 aliphatic carbocycles. The molecule has 0 aliphatic rings. The minimum Gasteiger partial charge on any atom is -0.383 e. The van der Waals surface area contributed by atoms with Gasteiger partial charge in [0.15, 0.2) is 11.6 Å². The summed E-state index contributed by atoms with van der Waals surface area (Å²) in [4.78, 5) is 16.7. The summed E-state index contributed by atoms with van der Waals surface area (Å²) < 4.78 is 33.5. The zero-order chi connectivity index (χ0) is 22.8. The predicted molar refractivity (Wildman–Crippen MR) is 114 cm³/mol. The summed E-state index contributed by atoms with van der Waals surface area (Å²) in [6, 6.07) is 10.5. The first-order valence-electron chi connectivity index (χ1n) is 9.80. The Kier molecular flexibility index (Phi) is 6.08. The van der Waals surface area contributed by atoms with Crippen LogP contribution in [0.2, 0.25) is 0 Å². The van der Waals surface area contributed by atoms with Gasteiger partial charge in [-0.25, -0.2) is 13.5 Å². The standard InChI is InChI=1S/C22H21F2N5O3/c1-28(7-8-32-2)22(31)13-3-5-15(6-4-13)29-12-20(26-27-29)16-9-14-10-17(23)18(24)11-19(14)25-21(16)30/h3-6,9-12,22,31H,7-8H2,1-2H3,(H,25,30). The molecule has 10 heteroatoms. The first-order chi connectivity index (χ1) is 15.4. The maximum Gasteiger partial charge on any atom is 0.258 e. The molecular formula is C22H21F2N5O3. The van der Waals surface area contributed by atoms with E-state index in [4.69, 9.17) is 4.74 Å². The third kappa shape index (κ3) is 4.28. The van der Waals surface area contributed by atoms with Crippen molar-refractivity contribution >= 4 is 10.9 Å². The molecule has 166 valence electrons. The van der Waals surface area contributed by atoms with Crippen LogP contribution in [0.4, 0.5) is 8.78 Å². The van der Waals surface area contributed by atoms with Gasteiger partial charge in [0.2, 0.25) is 0 Å². The number of fused-ring (bicyclic) bond motifs is 1. The molecule has 4 aromatic rings. The smallest absolute Gasteiger partial charge is 0.258 e. The number of H-pyrrole nitrogens is 1. The Balaban J connectivity index is 1.60. The number of pyridine rings is 1. The fourth-order valence-electron chi connectivity index (χ4n) is 3.32. The van der Waals surface area contributed by atoms with E-state index in [2.05, 4.69) is 15.3 Å². The number of aliphatic hydroxyl groups is 1. The number of rotatable bonds is 7. The molecule has 0 spiro atoms. The lowest BCUT2D eigenvalue weighted by Crippen LogP contribution is -2.27. The number of benzene rings is 2. The van der Waals surface area contributed by atoms with E-state index in [9.17, 15) is 18.7 Å². The van der Waals surface area contributed by atoms with Crippen LogP contribution in [-0.2, 0) is 4.74 Å². The number of ether oxygens (including phenoxy) is 1. The van der Waals surface area contributed by atoms with Gasteiger partial charge in [-0.05, 0) is 36.9 Å². The highest BCUT2D eigenvalue weighted by Crippen LogP contribution is 2.22. The lowest BCUT2D eigenvalue weighted by molar-refractivity contribution is 0.00629. The second-order valence-corrected chi connectivity index (χ2v) is 7.35. The van der Waals surface area contributed by atoms with Crippen LogP contribution in [0.5, 0.6) is 0 Å². The number of nitrogens with zero attached hydrogens (tertiary/aromatic N) is 4. The van der Waals surface area contributed by atoms with E-state index in [1.807, 2.05) is 0 Å². The molecule has 0 radical (unpaired) electrons. The maximum absolute atomic E-state index is 13.6. The van der Waals surface area contributed by atoms with Gasteiger partial charge in [-0.2, -0.15) is 0 Å². The lowest BCUT2D eigenvalue weighted by atomic mass is 10.1. The highest BCUT2D eigenvalue weighted by molar-refractivity contribution is 5.82. The van der Waals surface area contributed by atoms with E-state index < -0.39 is 23.4 Å². The van der Waals surface area contributed by atoms with E-state index in [0.29, 0.717) is 29.8 Å². The molecule has 0 saturated carbocycles. The number of hydrogen-bond donors (Lipinski definition) is 2. The number of aliphatic hydroxyl groups excluding tert-OH is 1. The number of aromatic nitrogens is 4. The fourth-order valence-corrected chi connectivity index (χ4v) is 3.32. The number of hydrogen-bond acceptors (Lipinski definition) is 6. The first kappa shape index (κ1) is 21.8. The average Bonchev–Trinajstić information content (AvgIpc) is 3.28. The lowest BCUT2D eigenvalue weighted by Gasteiger charge is -2.23. The maximum atomic E-state index is 13.6. The van der Waals surface area contributed by atoms with Gasteiger partial charge in [-0.3, -0.25) is 9.69 Å². The normalized spacial score (nSPS) is 12.6. The molecule has 2 N–H and O–H groups in total. The zero-order valence-electron chi connectivity index (χ0n) is 17.4. The van der Waals surface area contributed by atoms with Crippen molar-refractivity contribution in [3.05, 3.63) is 76.2 Å². The molecule has 0 amide bonds. The van der Waals surface area contributed by atoms with Crippen LogP contribution >= 0.6 is 0 Å². The van der Waals surface area contributed by atoms with Crippen LogP contribution in [0.15, 0.2) is 53.5 Å². The van der Waals surface area contributed by atoms with E-state index in [-0.39, 0.29) is 16.8 Å². The number of likely N-dealkylation sites (N-methyl/N-ethyl adjacent to an activating group) is 1. The molecule has 2 heterocycles. The van der Waals surface area contributed by atoms with Crippen LogP contribution in [0.1, 0.15) is 11.8 Å². The molecule has 2 aromatic heterocycles. The Bertz CT molecular complexity index is 1300. The fraction of sp³-hybridized carbons (Fsp3) is 0.227. The highest BCUT2D eigenvalue weighted by Gasteiger charge is 2.15. The molecule has 0 fully saturated rings. The summed E-state index contributed by atoms with van der Waals surface area (Å²) in [5.41, 5.74) is 1.53. The van der Waals surface area contributed by atoms with Crippen LogP contribution < -0.4 is 5.56 Å². The van der Waals surface area contributed by atoms with Crippen molar-refractivity contribution in [1.29, 1.82) is 0 Å². The number of halogens is 2. The summed E-state index contributed by atoms with van der Waals surface area (Å²) in [5, 5.41) is 18.9. The Morgan fingerprint density at radius 3 is 2.62 bits per heavy atom. The molecule has 0 aliphatic heterocycles. The number of aromatic amines is 1. The Morgan fingerprint density at radius 2 is 1.91 bits per heavy atom. The van der Waals surface area contributed by atoms with Crippen LogP contribution in [-0.4, -0.2) is 57.3 Å². The molecule has 1 unspecified atom stereocenters. The minimum absolute atomic E-state index is 0.182. The summed E-state index contributed by atoms with van der Waals surface area (Å²) in [6.07, 6.45) is 0.777. The largest absolute Gasteiger partial charge is 0.383 e. The molecule has 0 bridgehead atoms. The molecule has 2 aromatic carbocycles. The summed E-state index contributed by atoms with van der Waals surface area (Å²) >= 11 is 0. The van der Waals surface area contributed by atoms with Crippen LogP contribution in [0, 0.1) is 11.6 Å². The van der Waals surface area contributed by atoms with E-state index >= 15 is 0 Å². The SMILES string of the molecule is COCCN(C)C(O)c1ccc(-n2cc(-c3cc4cc(F)c(F)cc4[nH]c3=O)nn2)cc1. The van der Waals surface area contributed by atoms with Gasteiger partial charge in [0.05, 0.1) is 29.6 Å². The second-order valence-electron chi connectivity index (χ2n) is 7.35. The van der Waals surface area contributed by atoms with Gasteiger partial charge in [0, 0.05) is 25.1 Å². The van der Waals surface area contributed by atoms with Crippen molar-refractivity contribution in [3.8, 4) is 16.9 Å². The van der Waals surface area contributed by atoms with Crippen molar-refractivity contribution in [1.82, 2.24) is 24.9 Å². The van der Waals surface area contributed by atoms with Gasteiger partial charge in [0.1, 0.15) is 11.9 Å². The topological polar surface area (TPSA) is 96.3 Å². The Morgan fingerprint density at radius 1 is 1.19 bits per heavy atom. The van der Waals surface area contributed by atoms with Crippen LogP contribution in [0.3, 0.4) is 0 Å². The predicted octanol–water partition coefficient (Wildman–Crippen LogP) is 2.62. The van der Waals surface area contributed by atoms with Crippen LogP contribution in [0.25, 0.3) is 27.8 Å². The zero-order valence-corrected chi connectivity index (χ0v) is 17.4. The molecule has 4 rings (SSSR count).